The van der Waals surface area contributed by atoms with Gasteiger partial charge in [-0.05, 0) is 39.0 Å². The van der Waals surface area contributed by atoms with Gasteiger partial charge in [0.1, 0.15) is 11.4 Å². The first-order valence-electron chi connectivity index (χ1n) is 6.29. The molecule has 0 radical (unpaired) electrons. The lowest BCUT2D eigenvalue weighted by Crippen LogP contribution is -2.39. The molecule has 1 aromatic carbocycles. The number of carbonyl (C=O) groups is 1. The number of ether oxygens (including phenoxy) is 2. The molecule has 1 aromatic rings. The number of nitrogens with zero attached hydrogens (tertiary/aromatic N) is 1. The lowest BCUT2D eigenvalue weighted by Gasteiger charge is -2.27. The van der Waals surface area contributed by atoms with E-state index >= 15 is 0 Å². The summed E-state index contributed by atoms with van der Waals surface area (Å²) in [6, 6.07) is 4.15. The zero-order chi connectivity index (χ0) is 15.3. The second kappa shape index (κ2) is 6.56. The number of methoxy groups -OCH3 is 1. The SMILES string of the molecule is COCCN(C(=O)OC(C)(C)C)c1ccc(N)cc1F. The quantitative estimate of drug-likeness (QED) is 0.863. The van der Waals surface area contributed by atoms with Crippen molar-refractivity contribution < 1.29 is 18.7 Å². The van der Waals surface area contributed by atoms with Crippen LogP contribution in [-0.2, 0) is 9.47 Å². The van der Waals surface area contributed by atoms with Crippen LogP contribution >= 0.6 is 0 Å². The summed E-state index contributed by atoms with van der Waals surface area (Å²) in [5, 5.41) is 0. The molecule has 0 atom stereocenters. The minimum Gasteiger partial charge on any atom is -0.443 e. The van der Waals surface area contributed by atoms with E-state index in [1.807, 2.05) is 0 Å². The summed E-state index contributed by atoms with van der Waals surface area (Å²) < 4.78 is 24.2. The topological polar surface area (TPSA) is 64.8 Å². The van der Waals surface area contributed by atoms with Crippen LogP contribution in [0.4, 0.5) is 20.6 Å². The minimum atomic E-state index is -0.660. The Labute approximate surface area is 118 Å². The summed E-state index contributed by atoms with van der Waals surface area (Å²) in [6.07, 6.45) is -0.627. The molecule has 6 heteroatoms. The fraction of sp³-hybridized carbons (Fsp3) is 0.500. The first kappa shape index (κ1) is 16.2. The van der Waals surface area contributed by atoms with Crippen LogP contribution in [0, 0.1) is 5.82 Å². The number of hydrogen-bond donors (Lipinski definition) is 1. The highest BCUT2D eigenvalue weighted by atomic mass is 19.1. The second-order valence-corrected chi connectivity index (χ2v) is 5.34. The summed E-state index contributed by atoms with van der Waals surface area (Å²) in [5.74, 6) is -0.577. The van der Waals surface area contributed by atoms with Crippen LogP contribution in [0.25, 0.3) is 0 Å². The van der Waals surface area contributed by atoms with Crippen LogP contribution < -0.4 is 10.6 Å². The van der Waals surface area contributed by atoms with Gasteiger partial charge < -0.3 is 15.2 Å². The highest BCUT2D eigenvalue weighted by Gasteiger charge is 2.25. The number of nitrogen functional groups attached to an aromatic ring is 1. The molecule has 0 aliphatic heterocycles. The molecule has 1 rings (SSSR count). The molecule has 0 saturated heterocycles. The molecule has 0 heterocycles. The fourth-order valence-electron chi connectivity index (χ4n) is 1.55. The number of halogens is 1. The Morgan fingerprint density at radius 3 is 2.55 bits per heavy atom. The largest absolute Gasteiger partial charge is 0.443 e. The van der Waals surface area contributed by atoms with Gasteiger partial charge in [0.25, 0.3) is 0 Å². The Balaban J connectivity index is 3.02. The molecule has 112 valence electrons. The van der Waals surface area contributed by atoms with Crippen molar-refractivity contribution in [3.63, 3.8) is 0 Å². The number of rotatable bonds is 4. The number of anilines is 2. The summed E-state index contributed by atoms with van der Waals surface area (Å²) in [6.45, 7) is 5.70. The van der Waals surface area contributed by atoms with Crippen LogP contribution in [0.5, 0.6) is 0 Å². The van der Waals surface area contributed by atoms with Gasteiger partial charge in [-0.1, -0.05) is 0 Å². The van der Waals surface area contributed by atoms with E-state index in [0.29, 0.717) is 5.69 Å². The van der Waals surface area contributed by atoms with E-state index in [1.165, 1.54) is 30.2 Å². The minimum absolute atomic E-state index is 0.116. The van der Waals surface area contributed by atoms with Gasteiger partial charge in [-0.15, -0.1) is 0 Å². The van der Waals surface area contributed by atoms with Crippen molar-refractivity contribution in [1.82, 2.24) is 0 Å². The number of amides is 1. The molecule has 5 nitrogen and oxygen atoms in total. The lowest BCUT2D eigenvalue weighted by molar-refractivity contribution is 0.0568. The van der Waals surface area contributed by atoms with Crippen LogP contribution in [0.3, 0.4) is 0 Å². The monoisotopic (exact) mass is 284 g/mol. The summed E-state index contributed by atoms with van der Waals surface area (Å²) in [7, 11) is 1.51. The molecule has 0 aliphatic rings. The molecule has 1 amide bonds. The maximum atomic E-state index is 14.0. The third kappa shape index (κ3) is 4.70. The molecule has 0 aromatic heterocycles. The highest BCUT2D eigenvalue weighted by molar-refractivity contribution is 5.88. The van der Waals surface area contributed by atoms with Gasteiger partial charge in [0.2, 0.25) is 0 Å². The number of carbonyl (C=O) groups excluding carboxylic acids is 1. The third-order valence-electron chi connectivity index (χ3n) is 2.40. The van der Waals surface area contributed by atoms with Crippen molar-refractivity contribution in [3.05, 3.63) is 24.0 Å². The van der Waals surface area contributed by atoms with Crippen molar-refractivity contribution in [2.45, 2.75) is 26.4 Å². The van der Waals surface area contributed by atoms with E-state index in [9.17, 15) is 9.18 Å². The Bertz CT molecular complexity index is 472. The molecule has 0 saturated carbocycles. The Hall–Kier alpha value is -1.82. The average Bonchev–Trinajstić information content (AvgIpc) is 2.29. The summed E-state index contributed by atoms with van der Waals surface area (Å²) >= 11 is 0. The van der Waals surface area contributed by atoms with Gasteiger partial charge in [0.05, 0.1) is 18.8 Å². The van der Waals surface area contributed by atoms with Crippen molar-refractivity contribution in [3.8, 4) is 0 Å². The number of hydrogen-bond acceptors (Lipinski definition) is 4. The molecular weight excluding hydrogens is 263 g/mol. The first-order valence-corrected chi connectivity index (χ1v) is 6.29. The normalized spacial score (nSPS) is 11.2. The third-order valence-corrected chi connectivity index (χ3v) is 2.40. The van der Waals surface area contributed by atoms with Crippen molar-refractivity contribution >= 4 is 17.5 Å². The van der Waals surface area contributed by atoms with Gasteiger partial charge >= 0.3 is 6.09 Å². The van der Waals surface area contributed by atoms with Gasteiger partial charge in [0.15, 0.2) is 0 Å². The van der Waals surface area contributed by atoms with E-state index in [1.54, 1.807) is 20.8 Å². The molecule has 0 aliphatic carbocycles. The fourth-order valence-corrected chi connectivity index (χ4v) is 1.55. The van der Waals surface area contributed by atoms with Gasteiger partial charge in [-0.2, -0.15) is 0 Å². The molecule has 0 unspecified atom stereocenters. The van der Waals surface area contributed by atoms with Gasteiger partial charge in [0, 0.05) is 12.8 Å². The van der Waals surface area contributed by atoms with E-state index in [-0.39, 0.29) is 18.8 Å². The molecule has 20 heavy (non-hydrogen) atoms. The smallest absolute Gasteiger partial charge is 0.414 e. The molecule has 0 bridgehead atoms. The Morgan fingerprint density at radius 2 is 2.05 bits per heavy atom. The van der Waals surface area contributed by atoms with Crippen molar-refractivity contribution in [2.75, 3.05) is 30.9 Å². The zero-order valence-corrected chi connectivity index (χ0v) is 12.3. The molecular formula is C14H21FN2O3. The lowest BCUT2D eigenvalue weighted by atomic mass is 10.2. The number of benzene rings is 1. The molecule has 0 fully saturated rings. The summed E-state index contributed by atoms with van der Waals surface area (Å²) in [4.78, 5) is 13.4. The van der Waals surface area contributed by atoms with E-state index in [0.717, 1.165) is 0 Å². The van der Waals surface area contributed by atoms with E-state index < -0.39 is 17.5 Å². The maximum Gasteiger partial charge on any atom is 0.414 e. The van der Waals surface area contributed by atoms with Gasteiger partial charge in [-0.3, -0.25) is 4.90 Å². The van der Waals surface area contributed by atoms with Crippen LogP contribution in [0.2, 0.25) is 0 Å². The predicted octanol–water partition coefficient (Wildman–Crippen LogP) is 2.80. The van der Waals surface area contributed by atoms with Crippen molar-refractivity contribution in [2.24, 2.45) is 0 Å². The van der Waals surface area contributed by atoms with Crippen LogP contribution in [0.1, 0.15) is 20.8 Å². The summed E-state index contributed by atoms with van der Waals surface area (Å²) in [5.41, 5.74) is 5.26. The van der Waals surface area contributed by atoms with E-state index in [4.69, 9.17) is 15.2 Å². The van der Waals surface area contributed by atoms with Crippen LogP contribution in [-0.4, -0.2) is 32.0 Å². The Morgan fingerprint density at radius 1 is 1.40 bits per heavy atom. The first-order chi connectivity index (χ1) is 9.24. The van der Waals surface area contributed by atoms with E-state index in [2.05, 4.69) is 0 Å². The Kier molecular flexibility index (Phi) is 5.33. The number of nitrogens with two attached hydrogens (primary N) is 1. The maximum absolute atomic E-state index is 14.0. The molecule has 2 N–H and O–H groups in total. The zero-order valence-electron chi connectivity index (χ0n) is 12.3. The standard InChI is InChI=1S/C14H21FN2O3/c1-14(2,3)20-13(18)17(7-8-19-4)12-6-5-10(16)9-11(12)15/h5-6,9H,7-8,16H2,1-4H3. The molecule has 0 spiro atoms. The van der Waals surface area contributed by atoms with Crippen LogP contribution in [0.15, 0.2) is 18.2 Å². The van der Waals surface area contributed by atoms with Crippen molar-refractivity contribution in [1.29, 1.82) is 0 Å². The predicted molar refractivity (Wildman–Crippen MR) is 76.3 cm³/mol. The highest BCUT2D eigenvalue weighted by Crippen LogP contribution is 2.23. The van der Waals surface area contributed by atoms with Gasteiger partial charge in [-0.25, -0.2) is 9.18 Å². The average molecular weight is 284 g/mol. The second-order valence-electron chi connectivity index (χ2n) is 5.34.